The Labute approximate surface area is 185 Å². The molecule has 0 radical (unpaired) electrons. The molecule has 5 nitrogen and oxygen atoms in total. The maximum absolute atomic E-state index is 12.7. The lowest BCUT2D eigenvalue weighted by Gasteiger charge is -2.35. The molecule has 2 rings (SSSR count). The molecule has 0 saturated carbocycles. The highest BCUT2D eigenvalue weighted by atomic mass is 16.6. The number of ether oxygens (including phenoxy) is 2. The van der Waals surface area contributed by atoms with Gasteiger partial charge in [-0.15, -0.1) is 0 Å². The van der Waals surface area contributed by atoms with Gasteiger partial charge in [-0.05, 0) is 49.5 Å². The largest absolute Gasteiger partial charge is 0.458 e. The monoisotopic (exact) mass is 426 g/mol. The number of aliphatic hydroxyl groups is 1. The van der Waals surface area contributed by atoms with Crippen LogP contribution in [0.1, 0.15) is 53.0 Å². The summed E-state index contributed by atoms with van der Waals surface area (Å²) in [6.07, 6.45) is 6.16. The van der Waals surface area contributed by atoms with Crippen molar-refractivity contribution in [2.75, 3.05) is 0 Å². The first kappa shape index (κ1) is 24.6. The Hall–Kier alpha value is -2.66. The predicted molar refractivity (Wildman–Crippen MR) is 122 cm³/mol. The summed E-state index contributed by atoms with van der Waals surface area (Å²) < 4.78 is 11.6. The quantitative estimate of drug-likeness (QED) is 0.413. The maximum Gasteiger partial charge on any atom is 0.331 e. The van der Waals surface area contributed by atoms with Gasteiger partial charge in [0.1, 0.15) is 12.2 Å². The van der Waals surface area contributed by atoms with Gasteiger partial charge in [0, 0.05) is 25.3 Å². The van der Waals surface area contributed by atoms with Crippen molar-refractivity contribution < 1.29 is 24.2 Å². The molecule has 0 aromatic heterocycles. The number of aliphatic hydroxyl groups excluding tert-OH is 1. The fourth-order valence-electron chi connectivity index (χ4n) is 3.88. The van der Waals surface area contributed by atoms with Crippen LogP contribution in [0.25, 0.3) is 6.08 Å². The van der Waals surface area contributed by atoms with E-state index in [9.17, 15) is 14.7 Å². The number of benzene rings is 1. The Balaban J connectivity index is 2.35. The van der Waals surface area contributed by atoms with E-state index in [-0.39, 0.29) is 11.8 Å². The summed E-state index contributed by atoms with van der Waals surface area (Å²) in [6, 6.07) is 9.54. The zero-order chi connectivity index (χ0) is 23.0. The SMILES string of the molecule is CC(=O)O[C@H]1C=C(C)[C@H](O)CC=C(C)C[C@H](OC(=O)C=Cc2ccccc2)[C@H]1C(C)C. The first-order valence-electron chi connectivity index (χ1n) is 10.8. The average molecular weight is 427 g/mol. The van der Waals surface area contributed by atoms with Crippen LogP contribution in [0, 0.1) is 11.8 Å². The van der Waals surface area contributed by atoms with Gasteiger partial charge in [-0.3, -0.25) is 4.79 Å². The molecule has 1 aliphatic rings. The third-order valence-corrected chi connectivity index (χ3v) is 5.52. The van der Waals surface area contributed by atoms with Gasteiger partial charge in [0.25, 0.3) is 0 Å². The highest BCUT2D eigenvalue weighted by molar-refractivity contribution is 5.87. The Morgan fingerprint density at radius 3 is 2.42 bits per heavy atom. The molecule has 1 aliphatic carbocycles. The van der Waals surface area contributed by atoms with Crippen LogP contribution in [0.2, 0.25) is 0 Å². The molecule has 0 spiro atoms. The topological polar surface area (TPSA) is 72.8 Å². The van der Waals surface area contributed by atoms with Crippen molar-refractivity contribution in [1.29, 1.82) is 0 Å². The van der Waals surface area contributed by atoms with Crippen molar-refractivity contribution in [3.63, 3.8) is 0 Å². The van der Waals surface area contributed by atoms with Crippen molar-refractivity contribution in [3.8, 4) is 0 Å². The van der Waals surface area contributed by atoms with Crippen LogP contribution in [-0.4, -0.2) is 35.4 Å². The van der Waals surface area contributed by atoms with Gasteiger partial charge in [0.2, 0.25) is 0 Å². The van der Waals surface area contributed by atoms with E-state index in [4.69, 9.17) is 9.47 Å². The Bertz CT molecular complexity index is 835. The lowest BCUT2D eigenvalue weighted by Crippen LogP contribution is -2.40. The van der Waals surface area contributed by atoms with E-state index in [0.29, 0.717) is 12.8 Å². The predicted octanol–water partition coefficient (Wildman–Crippen LogP) is 4.86. The number of hydrogen-bond acceptors (Lipinski definition) is 5. The van der Waals surface area contributed by atoms with Gasteiger partial charge in [0.15, 0.2) is 0 Å². The van der Waals surface area contributed by atoms with Crippen molar-refractivity contribution >= 4 is 18.0 Å². The summed E-state index contributed by atoms with van der Waals surface area (Å²) in [7, 11) is 0. The average Bonchev–Trinajstić information content (AvgIpc) is 2.69. The first-order chi connectivity index (χ1) is 14.7. The molecule has 0 bridgehead atoms. The molecule has 4 atom stereocenters. The first-order valence-corrected chi connectivity index (χ1v) is 10.8. The van der Waals surface area contributed by atoms with Crippen LogP contribution in [0.5, 0.6) is 0 Å². The van der Waals surface area contributed by atoms with E-state index in [2.05, 4.69) is 0 Å². The zero-order valence-electron chi connectivity index (χ0n) is 19.1. The minimum Gasteiger partial charge on any atom is -0.458 e. The number of esters is 2. The highest BCUT2D eigenvalue weighted by Crippen LogP contribution is 2.32. The molecule has 1 aromatic carbocycles. The molecule has 0 saturated heterocycles. The molecule has 5 heteroatoms. The summed E-state index contributed by atoms with van der Waals surface area (Å²) >= 11 is 0. The summed E-state index contributed by atoms with van der Waals surface area (Å²) in [5.41, 5.74) is 2.66. The van der Waals surface area contributed by atoms with Crippen molar-refractivity contribution in [1.82, 2.24) is 0 Å². The van der Waals surface area contributed by atoms with Crippen molar-refractivity contribution in [3.05, 3.63) is 65.3 Å². The second-order valence-electron chi connectivity index (χ2n) is 8.53. The maximum atomic E-state index is 12.7. The Kier molecular flexibility index (Phi) is 9.25. The van der Waals surface area contributed by atoms with Crippen molar-refractivity contribution in [2.45, 2.75) is 65.8 Å². The fraction of sp³-hybridized carbons (Fsp3) is 0.462. The second kappa shape index (κ2) is 11.7. The molecule has 0 fully saturated rings. The normalized spacial score (nSPS) is 25.0. The standard InChI is InChI=1S/C26H34O5/c1-17(2)26-23(31-25(29)14-12-21-9-7-6-8-10-21)15-18(3)11-13-22(28)19(4)16-24(26)30-20(5)27/h6-12,14,16-17,22-24,26,28H,13,15H2,1-5H3/t22-,23+,24+,26-/m1/s1. The summed E-state index contributed by atoms with van der Waals surface area (Å²) in [4.78, 5) is 24.5. The molecule has 1 N–H and O–H groups in total. The van der Waals surface area contributed by atoms with Crippen LogP contribution in [0.3, 0.4) is 0 Å². The number of carbonyl (C=O) groups excluding carboxylic acids is 2. The van der Waals surface area contributed by atoms with Gasteiger partial charge in [0.05, 0.1) is 6.10 Å². The molecule has 31 heavy (non-hydrogen) atoms. The minimum absolute atomic E-state index is 0.0636. The van der Waals surface area contributed by atoms with E-state index in [0.717, 1.165) is 16.7 Å². The summed E-state index contributed by atoms with van der Waals surface area (Å²) in [6.45, 7) is 9.20. The third kappa shape index (κ3) is 7.83. The highest BCUT2D eigenvalue weighted by Gasteiger charge is 2.36. The van der Waals surface area contributed by atoms with Crippen LogP contribution >= 0.6 is 0 Å². The van der Waals surface area contributed by atoms with Crippen molar-refractivity contribution in [2.24, 2.45) is 11.8 Å². The lowest BCUT2D eigenvalue weighted by atomic mass is 9.80. The van der Waals surface area contributed by atoms with Gasteiger partial charge >= 0.3 is 11.9 Å². The van der Waals surface area contributed by atoms with E-state index < -0.39 is 30.3 Å². The number of rotatable bonds is 5. The van der Waals surface area contributed by atoms with Gasteiger partial charge in [-0.25, -0.2) is 4.79 Å². The lowest BCUT2D eigenvalue weighted by molar-refractivity contribution is -0.156. The summed E-state index contributed by atoms with van der Waals surface area (Å²) in [5, 5.41) is 10.4. The van der Waals surface area contributed by atoms with E-state index in [1.165, 1.54) is 13.0 Å². The number of carbonyl (C=O) groups is 2. The van der Waals surface area contributed by atoms with Crippen LogP contribution in [0.4, 0.5) is 0 Å². The second-order valence-corrected chi connectivity index (χ2v) is 8.53. The molecule has 1 aromatic rings. The Morgan fingerprint density at radius 2 is 1.81 bits per heavy atom. The third-order valence-electron chi connectivity index (χ3n) is 5.52. The molecule has 0 heterocycles. The molecular weight excluding hydrogens is 392 g/mol. The van der Waals surface area contributed by atoms with Gasteiger partial charge < -0.3 is 14.6 Å². The number of hydrogen-bond donors (Lipinski definition) is 1. The van der Waals surface area contributed by atoms with Crippen LogP contribution in [0.15, 0.2) is 59.7 Å². The molecule has 0 aliphatic heterocycles. The fourth-order valence-corrected chi connectivity index (χ4v) is 3.88. The summed E-state index contributed by atoms with van der Waals surface area (Å²) in [5.74, 6) is -1.05. The van der Waals surface area contributed by atoms with Crippen LogP contribution in [-0.2, 0) is 19.1 Å². The van der Waals surface area contributed by atoms with Gasteiger partial charge in [-0.1, -0.05) is 55.8 Å². The zero-order valence-corrected chi connectivity index (χ0v) is 19.1. The molecule has 168 valence electrons. The van der Waals surface area contributed by atoms with E-state index in [1.807, 2.05) is 64.1 Å². The molecule has 0 amide bonds. The van der Waals surface area contributed by atoms with Crippen LogP contribution < -0.4 is 0 Å². The smallest absolute Gasteiger partial charge is 0.331 e. The Morgan fingerprint density at radius 1 is 1.13 bits per heavy atom. The molecular formula is C26H34O5. The van der Waals surface area contributed by atoms with E-state index >= 15 is 0 Å². The van der Waals surface area contributed by atoms with E-state index in [1.54, 1.807) is 12.2 Å². The molecule has 0 unspecified atom stereocenters. The van der Waals surface area contributed by atoms with Gasteiger partial charge in [-0.2, -0.15) is 0 Å². The minimum atomic E-state index is -0.645.